The van der Waals surface area contributed by atoms with Crippen molar-refractivity contribution >= 4 is 0 Å². The highest BCUT2D eigenvalue weighted by Gasteiger charge is 2.50. The monoisotopic (exact) mass is 383 g/mol. The lowest BCUT2D eigenvalue weighted by Crippen LogP contribution is -2.26. The Labute approximate surface area is 167 Å². The van der Waals surface area contributed by atoms with Crippen LogP contribution in [0, 0.1) is 0 Å². The van der Waals surface area contributed by atoms with Gasteiger partial charge in [0.1, 0.15) is 11.3 Å². The van der Waals surface area contributed by atoms with Crippen molar-refractivity contribution < 1.29 is 8.78 Å². The topological polar surface area (TPSA) is 3.24 Å². The molecule has 0 saturated heterocycles. The number of rotatable bonds is 10. The first-order chi connectivity index (χ1) is 13.5. The van der Waals surface area contributed by atoms with E-state index in [0.717, 1.165) is 55.6 Å². The van der Waals surface area contributed by atoms with Crippen molar-refractivity contribution in [3.05, 3.63) is 70.8 Å². The summed E-state index contributed by atoms with van der Waals surface area (Å²) in [5, 5.41) is 0. The molecule has 0 spiro atoms. The number of hydrogen-bond donors (Lipinski definition) is 0. The van der Waals surface area contributed by atoms with Gasteiger partial charge < -0.3 is 0 Å². The molecule has 150 valence electrons. The van der Waals surface area contributed by atoms with Crippen LogP contribution in [0.5, 0.6) is 0 Å². The van der Waals surface area contributed by atoms with Crippen LogP contribution in [-0.2, 0) is 24.3 Å². The summed E-state index contributed by atoms with van der Waals surface area (Å²) in [6, 6.07) is 16.2. The van der Waals surface area contributed by atoms with Crippen LogP contribution in [0.3, 0.4) is 0 Å². The van der Waals surface area contributed by atoms with Gasteiger partial charge >= 0.3 is 0 Å². The van der Waals surface area contributed by atoms with Crippen molar-refractivity contribution in [2.24, 2.45) is 0 Å². The Hall–Kier alpha value is -1.74. The predicted octanol–water partition coefficient (Wildman–Crippen LogP) is 6.45. The van der Waals surface area contributed by atoms with E-state index in [0.29, 0.717) is 25.7 Å². The van der Waals surface area contributed by atoms with Gasteiger partial charge in [-0.1, -0.05) is 55.5 Å². The quantitative estimate of drug-likeness (QED) is 0.456. The molecule has 0 radical (unpaired) electrons. The van der Waals surface area contributed by atoms with Gasteiger partial charge in [0.25, 0.3) is 0 Å². The van der Waals surface area contributed by atoms with Gasteiger partial charge in [-0.2, -0.15) is 0 Å². The molecule has 1 nitrogen and oxygen atoms in total. The van der Waals surface area contributed by atoms with E-state index in [2.05, 4.69) is 36.1 Å². The highest BCUT2D eigenvalue weighted by atomic mass is 19.1. The first-order valence-electron chi connectivity index (χ1n) is 10.8. The number of halogens is 2. The molecule has 2 aromatic carbocycles. The zero-order valence-electron chi connectivity index (χ0n) is 16.9. The smallest absolute Gasteiger partial charge is 0.136 e. The first kappa shape index (κ1) is 19.6. The SMILES string of the molecule is CCCN(CCCc1c(C2(F)CC2)cccc1C1(F)CC1)Cc1ccccc1. The second-order valence-electron chi connectivity index (χ2n) is 8.63. The zero-order chi connectivity index (χ0) is 19.6. The summed E-state index contributed by atoms with van der Waals surface area (Å²) in [5.74, 6) is 0. The molecule has 2 aliphatic carbocycles. The summed E-state index contributed by atoms with van der Waals surface area (Å²) < 4.78 is 29.9. The second kappa shape index (κ2) is 7.94. The molecule has 0 aliphatic heterocycles. The summed E-state index contributed by atoms with van der Waals surface area (Å²) in [6.45, 7) is 5.13. The lowest BCUT2D eigenvalue weighted by atomic mass is 9.90. The molecule has 4 rings (SSSR count). The fraction of sp³-hybridized carbons (Fsp3) is 0.520. The van der Waals surface area contributed by atoms with Crippen LogP contribution >= 0.6 is 0 Å². The summed E-state index contributed by atoms with van der Waals surface area (Å²) in [7, 11) is 0. The van der Waals surface area contributed by atoms with Crippen molar-refractivity contribution in [2.75, 3.05) is 13.1 Å². The molecule has 2 aliphatic rings. The predicted molar refractivity (Wildman–Crippen MR) is 111 cm³/mol. The van der Waals surface area contributed by atoms with Gasteiger partial charge in [-0.15, -0.1) is 0 Å². The van der Waals surface area contributed by atoms with Crippen LogP contribution in [0.25, 0.3) is 0 Å². The highest BCUT2D eigenvalue weighted by molar-refractivity contribution is 5.46. The van der Waals surface area contributed by atoms with E-state index in [9.17, 15) is 8.78 Å². The van der Waals surface area contributed by atoms with E-state index in [1.165, 1.54) is 5.56 Å². The Morgan fingerprint density at radius 2 is 1.43 bits per heavy atom. The molecular formula is C25H31F2N. The average Bonchev–Trinajstić information content (AvgIpc) is 3.62. The molecule has 0 bridgehead atoms. The number of benzene rings is 2. The van der Waals surface area contributed by atoms with Crippen LogP contribution in [0.1, 0.15) is 67.7 Å². The molecule has 0 amide bonds. The van der Waals surface area contributed by atoms with E-state index in [4.69, 9.17) is 0 Å². The first-order valence-corrected chi connectivity index (χ1v) is 10.8. The largest absolute Gasteiger partial charge is 0.299 e. The van der Waals surface area contributed by atoms with Crippen LogP contribution in [0.4, 0.5) is 8.78 Å². The van der Waals surface area contributed by atoms with E-state index in [1.54, 1.807) is 0 Å². The maximum absolute atomic E-state index is 14.9. The van der Waals surface area contributed by atoms with Gasteiger partial charge in [-0.05, 0) is 80.3 Å². The average molecular weight is 384 g/mol. The maximum Gasteiger partial charge on any atom is 0.136 e. The number of nitrogens with zero attached hydrogens (tertiary/aromatic N) is 1. The molecule has 28 heavy (non-hydrogen) atoms. The summed E-state index contributed by atoms with van der Waals surface area (Å²) in [4.78, 5) is 2.46. The zero-order valence-corrected chi connectivity index (χ0v) is 16.9. The van der Waals surface area contributed by atoms with Crippen LogP contribution < -0.4 is 0 Å². The van der Waals surface area contributed by atoms with Crippen molar-refractivity contribution in [1.29, 1.82) is 0 Å². The molecule has 2 saturated carbocycles. The molecule has 0 N–H and O–H groups in total. The van der Waals surface area contributed by atoms with Gasteiger partial charge in [-0.25, -0.2) is 8.78 Å². The Kier molecular flexibility index (Phi) is 5.55. The molecule has 3 heteroatoms. The van der Waals surface area contributed by atoms with Gasteiger partial charge in [-0.3, -0.25) is 4.90 Å². The van der Waals surface area contributed by atoms with Gasteiger partial charge in [0.05, 0.1) is 0 Å². The molecule has 0 atom stereocenters. The molecule has 0 aromatic heterocycles. The van der Waals surface area contributed by atoms with Crippen molar-refractivity contribution in [3.8, 4) is 0 Å². The molecule has 2 aromatic rings. The third-order valence-corrected chi connectivity index (χ3v) is 6.21. The third kappa shape index (κ3) is 4.30. The number of hydrogen-bond acceptors (Lipinski definition) is 1. The fourth-order valence-corrected chi connectivity index (χ4v) is 4.36. The van der Waals surface area contributed by atoms with Crippen molar-refractivity contribution in [1.82, 2.24) is 4.90 Å². The minimum atomic E-state index is -1.20. The molecule has 0 heterocycles. The third-order valence-electron chi connectivity index (χ3n) is 6.21. The van der Waals surface area contributed by atoms with Crippen molar-refractivity contribution in [3.63, 3.8) is 0 Å². The Balaban J connectivity index is 1.46. The van der Waals surface area contributed by atoms with Crippen LogP contribution in [0.2, 0.25) is 0 Å². The molecule has 2 fully saturated rings. The van der Waals surface area contributed by atoms with Gasteiger partial charge in [0, 0.05) is 6.54 Å². The normalized spacial score (nSPS) is 19.0. The Morgan fingerprint density at radius 1 is 0.821 bits per heavy atom. The summed E-state index contributed by atoms with van der Waals surface area (Å²) >= 11 is 0. The minimum Gasteiger partial charge on any atom is -0.299 e. The lowest BCUT2D eigenvalue weighted by Gasteiger charge is -2.23. The van der Waals surface area contributed by atoms with Gasteiger partial charge in [0.15, 0.2) is 0 Å². The second-order valence-corrected chi connectivity index (χ2v) is 8.63. The van der Waals surface area contributed by atoms with Crippen molar-refractivity contribution in [2.45, 2.75) is 69.8 Å². The number of alkyl halides is 2. The molecule has 0 unspecified atom stereocenters. The highest BCUT2D eigenvalue weighted by Crippen LogP contribution is 2.55. The van der Waals surface area contributed by atoms with Crippen LogP contribution in [-0.4, -0.2) is 18.0 Å². The Bertz CT molecular complexity index is 757. The van der Waals surface area contributed by atoms with E-state index >= 15 is 0 Å². The van der Waals surface area contributed by atoms with Crippen LogP contribution in [0.15, 0.2) is 48.5 Å². The standard InChI is InChI=1S/C25H31F2N/c1-2-17-28(19-20-8-4-3-5-9-20)18-7-10-21-22(24(26)13-14-24)11-6-12-23(21)25(27)15-16-25/h3-6,8-9,11-12H,2,7,10,13-19H2,1H3. The Morgan fingerprint density at radius 3 is 1.96 bits per heavy atom. The van der Waals surface area contributed by atoms with E-state index < -0.39 is 11.3 Å². The fourth-order valence-electron chi connectivity index (χ4n) is 4.36. The van der Waals surface area contributed by atoms with Gasteiger partial charge in [0.2, 0.25) is 0 Å². The van der Waals surface area contributed by atoms with E-state index in [1.807, 2.05) is 24.3 Å². The molecular weight excluding hydrogens is 352 g/mol. The summed E-state index contributed by atoms with van der Waals surface area (Å²) in [5.41, 5.74) is 1.39. The van der Waals surface area contributed by atoms with E-state index in [-0.39, 0.29) is 0 Å². The summed E-state index contributed by atoms with van der Waals surface area (Å²) in [6.07, 6.45) is 5.13. The lowest BCUT2D eigenvalue weighted by molar-refractivity contribution is 0.261. The maximum atomic E-state index is 14.9. The minimum absolute atomic E-state index is 0.582.